The Kier molecular flexibility index (Phi) is 3.07. The van der Waals surface area contributed by atoms with E-state index in [9.17, 15) is 14.0 Å². The summed E-state index contributed by atoms with van der Waals surface area (Å²) in [4.78, 5) is 23.2. The minimum atomic E-state index is -0.996. The van der Waals surface area contributed by atoms with Gasteiger partial charge in [0, 0.05) is 5.41 Å². The van der Waals surface area contributed by atoms with Crippen molar-refractivity contribution in [2.24, 2.45) is 5.41 Å². The first-order valence-electron chi connectivity index (χ1n) is 5.54. The maximum Gasteiger partial charge on any atom is 0.348 e. The normalized spacial score (nSPS) is 21.5. The van der Waals surface area contributed by atoms with Crippen molar-refractivity contribution < 1.29 is 23.5 Å². The monoisotopic (exact) mass is 252 g/mol. The number of hydrogen-bond donors (Lipinski definition) is 0. The fraction of sp³-hybridized carbons (Fsp3) is 0.385. The molecular weight excluding hydrogens is 239 g/mol. The summed E-state index contributed by atoms with van der Waals surface area (Å²) in [5.41, 5.74) is -0.786. The van der Waals surface area contributed by atoms with Gasteiger partial charge in [-0.1, -0.05) is 26.0 Å². The van der Waals surface area contributed by atoms with Crippen LogP contribution >= 0.6 is 0 Å². The number of cyclic esters (lactones) is 1. The van der Waals surface area contributed by atoms with Gasteiger partial charge >= 0.3 is 11.9 Å². The molecule has 2 rings (SSSR count). The Morgan fingerprint density at radius 3 is 2.67 bits per heavy atom. The molecule has 4 nitrogen and oxygen atoms in total. The van der Waals surface area contributed by atoms with Crippen molar-refractivity contribution in [2.45, 2.75) is 20.0 Å². The third kappa shape index (κ3) is 2.20. The molecule has 1 fully saturated rings. The lowest BCUT2D eigenvalue weighted by Gasteiger charge is -2.21. The van der Waals surface area contributed by atoms with E-state index in [1.54, 1.807) is 13.8 Å². The van der Waals surface area contributed by atoms with E-state index >= 15 is 0 Å². The Labute approximate surface area is 104 Å². The highest BCUT2D eigenvalue weighted by molar-refractivity contribution is 5.92. The van der Waals surface area contributed by atoms with Crippen LogP contribution in [0.1, 0.15) is 24.2 Å². The number of rotatable bonds is 2. The summed E-state index contributed by atoms with van der Waals surface area (Å²) in [7, 11) is 0. The first-order valence-corrected chi connectivity index (χ1v) is 5.54. The van der Waals surface area contributed by atoms with Crippen LogP contribution in [0.2, 0.25) is 0 Å². The average molecular weight is 252 g/mol. The van der Waals surface area contributed by atoms with Gasteiger partial charge in [-0.2, -0.15) is 0 Å². The maximum absolute atomic E-state index is 13.4. The van der Waals surface area contributed by atoms with Crippen LogP contribution < -0.4 is 0 Å². The molecule has 5 heteroatoms. The topological polar surface area (TPSA) is 52.6 Å². The van der Waals surface area contributed by atoms with E-state index in [1.807, 2.05) is 0 Å². The van der Waals surface area contributed by atoms with Crippen LogP contribution in [0, 0.1) is 11.2 Å². The average Bonchev–Trinajstić information content (AvgIpc) is 2.56. The molecule has 0 N–H and O–H groups in total. The van der Waals surface area contributed by atoms with Gasteiger partial charge in [0.25, 0.3) is 0 Å². The van der Waals surface area contributed by atoms with E-state index in [2.05, 4.69) is 0 Å². The predicted molar refractivity (Wildman–Crippen MR) is 60.3 cm³/mol. The molecule has 18 heavy (non-hydrogen) atoms. The molecule has 1 atom stereocenters. The quantitative estimate of drug-likeness (QED) is 0.755. The first kappa shape index (κ1) is 12.5. The van der Waals surface area contributed by atoms with E-state index in [0.717, 1.165) is 6.07 Å². The van der Waals surface area contributed by atoms with E-state index in [0.29, 0.717) is 0 Å². The molecule has 0 spiro atoms. The zero-order valence-electron chi connectivity index (χ0n) is 10.1. The molecule has 0 unspecified atom stereocenters. The Hall–Kier alpha value is -1.91. The summed E-state index contributed by atoms with van der Waals surface area (Å²) in [6, 6.07) is 5.47. The molecule has 96 valence electrons. The van der Waals surface area contributed by atoms with Crippen LogP contribution in [0.25, 0.3) is 0 Å². The second-order valence-corrected chi connectivity index (χ2v) is 4.86. The Morgan fingerprint density at radius 1 is 1.44 bits per heavy atom. The zero-order valence-corrected chi connectivity index (χ0v) is 10.1. The molecule has 0 amide bonds. The number of esters is 2. The number of ether oxygens (including phenoxy) is 2. The van der Waals surface area contributed by atoms with Crippen molar-refractivity contribution in [3.63, 3.8) is 0 Å². The second-order valence-electron chi connectivity index (χ2n) is 4.86. The number of benzene rings is 1. The molecular formula is C13H13FO4. The van der Waals surface area contributed by atoms with E-state index in [-0.39, 0.29) is 12.2 Å². The highest BCUT2D eigenvalue weighted by Gasteiger charge is 2.46. The van der Waals surface area contributed by atoms with Gasteiger partial charge in [0.05, 0.1) is 5.56 Å². The minimum absolute atomic E-state index is 0.182. The van der Waals surface area contributed by atoms with Crippen molar-refractivity contribution >= 4 is 11.9 Å². The first-order chi connectivity index (χ1) is 8.42. The van der Waals surface area contributed by atoms with Gasteiger partial charge in [0.1, 0.15) is 12.4 Å². The highest BCUT2D eigenvalue weighted by atomic mass is 19.1. The predicted octanol–water partition coefficient (Wildman–Crippen LogP) is 1.93. The van der Waals surface area contributed by atoms with Gasteiger partial charge in [-0.3, -0.25) is 0 Å². The van der Waals surface area contributed by atoms with E-state index in [4.69, 9.17) is 9.47 Å². The molecule has 0 aromatic heterocycles. The third-order valence-electron chi connectivity index (χ3n) is 2.83. The summed E-state index contributed by atoms with van der Waals surface area (Å²) in [5.74, 6) is -2.12. The minimum Gasteiger partial charge on any atom is -0.462 e. The molecule has 1 aliphatic heterocycles. The number of hydrogen-bond acceptors (Lipinski definition) is 4. The van der Waals surface area contributed by atoms with Crippen molar-refractivity contribution in [1.82, 2.24) is 0 Å². The van der Waals surface area contributed by atoms with Crippen LogP contribution in [0.5, 0.6) is 0 Å². The summed E-state index contributed by atoms with van der Waals surface area (Å²) < 4.78 is 23.3. The molecule has 1 heterocycles. The van der Waals surface area contributed by atoms with Crippen LogP contribution in [-0.2, 0) is 14.3 Å². The second kappa shape index (κ2) is 4.40. The molecule has 1 aliphatic rings. The van der Waals surface area contributed by atoms with Gasteiger partial charge in [-0.25, -0.2) is 14.0 Å². The van der Waals surface area contributed by atoms with E-state index in [1.165, 1.54) is 18.2 Å². The standard InChI is InChI=1S/C13H13FO4/c1-13(2)7-17-12(16)10(13)18-11(15)8-5-3-4-6-9(8)14/h3-6,10H,7H2,1-2H3/t10-/m0/s1. The smallest absolute Gasteiger partial charge is 0.348 e. The van der Waals surface area contributed by atoms with Crippen molar-refractivity contribution in [3.05, 3.63) is 35.6 Å². The molecule has 1 aromatic carbocycles. The Bertz CT molecular complexity index is 496. The van der Waals surface area contributed by atoms with Gasteiger partial charge in [0.15, 0.2) is 0 Å². The number of carbonyl (C=O) groups is 2. The molecule has 0 radical (unpaired) electrons. The van der Waals surface area contributed by atoms with Crippen molar-refractivity contribution in [1.29, 1.82) is 0 Å². The van der Waals surface area contributed by atoms with Crippen LogP contribution in [-0.4, -0.2) is 24.6 Å². The molecule has 1 aromatic rings. The zero-order chi connectivity index (χ0) is 13.3. The van der Waals surface area contributed by atoms with Gasteiger partial charge < -0.3 is 9.47 Å². The highest BCUT2D eigenvalue weighted by Crippen LogP contribution is 2.31. The molecule has 1 saturated heterocycles. The number of halogens is 1. The van der Waals surface area contributed by atoms with Crippen LogP contribution in [0.4, 0.5) is 4.39 Å². The van der Waals surface area contributed by atoms with Gasteiger partial charge in [0.2, 0.25) is 6.10 Å². The summed E-state index contributed by atoms with van der Waals surface area (Å²) in [6.45, 7) is 3.68. The lowest BCUT2D eigenvalue weighted by molar-refractivity contribution is -0.145. The molecule has 0 aliphatic carbocycles. The summed E-state index contributed by atoms with van der Waals surface area (Å²) in [6.07, 6.45) is -0.996. The van der Waals surface area contributed by atoms with Crippen LogP contribution in [0.15, 0.2) is 24.3 Å². The SMILES string of the molecule is CC1(C)COC(=O)[C@@H]1OC(=O)c1ccccc1F. The van der Waals surface area contributed by atoms with Gasteiger partial charge in [-0.15, -0.1) is 0 Å². The fourth-order valence-electron chi connectivity index (χ4n) is 1.73. The lowest BCUT2D eigenvalue weighted by atomic mass is 9.90. The van der Waals surface area contributed by atoms with Crippen molar-refractivity contribution in [2.75, 3.05) is 6.61 Å². The largest absolute Gasteiger partial charge is 0.462 e. The Balaban J connectivity index is 2.18. The third-order valence-corrected chi connectivity index (χ3v) is 2.83. The van der Waals surface area contributed by atoms with Gasteiger partial charge in [-0.05, 0) is 12.1 Å². The van der Waals surface area contributed by atoms with E-state index < -0.39 is 29.3 Å². The maximum atomic E-state index is 13.4. The fourth-order valence-corrected chi connectivity index (χ4v) is 1.73. The van der Waals surface area contributed by atoms with Crippen molar-refractivity contribution in [3.8, 4) is 0 Å². The summed E-state index contributed by atoms with van der Waals surface area (Å²) >= 11 is 0. The molecule has 0 bridgehead atoms. The van der Waals surface area contributed by atoms with Crippen LogP contribution in [0.3, 0.4) is 0 Å². The Morgan fingerprint density at radius 2 is 2.11 bits per heavy atom. The number of carbonyl (C=O) groups excluding carboxylic acids is 2. The summed E-state index contributed by atoms with van der Waals surface area (Å²) in [5, 5.41) is 0. The lowest BCUT2D eigenvalue weighted by Crippen LogP contribution is -2.35. The molecule has 0 saturated carbocycles.